The van der Waals surface area contributed by atoms with Gasteiger partial charge in [0.15, 0.2) is 5.11 Å². The molecule has 0 aliphatic carbocycles. The molecule has 6 heteroatoms. The standard InChI is InChI=1S/C18H19BrN2O2S/c1-12(2)11-23-16-10-6-5-9-15(16)20-18(24)21-17(22)13-7-3-4-8-14(13)19/h3-10,12H,11H2,1-2H3,(H2,20,21,22,24). The Bertz CT molecular complexity index is 734. The van der Waals surface area contributed by atoms with Crippen LogP contribution in [-0.4, -0.2) is 17.6 Å². The molecule has 0 unspecified atom stereocenters. The number of hydrogen-bond donors (Lipinski definition) is 2. The molecule has 2 rings (SSSR count). The van der Waals surface area contributed by atoms with Crippen LogP contribution in [0.5, 0.6) is 5.75 Å². The minimum Gasteiger partial charge on any atom is -0.491 e. The van der Waals surface area contributed by atoms with Crippen molar-refractivity contribution in [1.29, 1.82) is 0 Å². The quantitative estimate of drug-likeness (QED) is 0.711. The first-order chi connectivity index (χ1) is 11.5. The number of anilines is 1. The van der Waals surface area contributed by atoms with Crippen molar-refractivity contribution in [1.82, 2.24) is 5.32 Å². The minimum absolute atomic E-state index is 0.219. The zero-order chi connectivity index (χ0) is 17.5. The number of para-hydroxylation sites is 2. The Hall–Kier alpha value is -1.92. The molecule has 0 heterocycles. The third-order valence-electron chi connectivity index (χ3n) is 3.05. The number of ether oxygens (including phenoxy) is 1. The molecule has 0 aliphatic heterocycles. The molecule has 0 saturated carbocycles. The molecule has 0 spiro atoms. The van der Waals surface area contributed by atoms with Gasteiger partial charge in [0.2, 0.25) is 0 Å². The number of amides is 1. The predicted octanol–water partition coefficient (Wildman–Crippen LogP) is 4.61. The van der Waals surface area contributed by atoms with E-state index >= 15 is 0 Å². The molecule has 0 radical (unpaired) electrons. The summed E-state index contributed by atoms with van der Waals surface area (Å²) in [6.07, 6.45) is 0. The lowest BCUT2D eigenvalue weighted by atomic mass is 10.2. The molecule has 2 N–H and O–H groups in total. The van der Waals surface area contributed by atoms with Crippen LogP contribution in [-0.2, 0) is 0 Å². The highest BCUT2D eigenvalue weighted by Crippen LogP contribution is 2.24. The fraction of sp³-hybridized carbons (Fsp3) is 0.222. The minimum atomic E-state index is -0.277. The van der Waals surface area contributed by atoms with Gasteiger partial charge in [-0.2, -0.15) is 0 Å². The maximum absolute atomic E-state index is 12.3. The van der Waals surface area contributed by atoms with Crippen molar-refractivity contribution in [3.63, 3.8) is 0 Å². The average Bonchev–Trinajstić information content (AvgIpc) is 2.54. The average molecular weight is 407 g/mol. The topological polar surface area (TPSA) is 50.4 Å². The predicted molar refractivity (Wildman–Crippen MR) is 105 cm³/mol. The second-order valence-electron chi connectivity index (χ2n) is 5.59. The van der Waals surface area contributed by atoms with Crippen LogP contribution in [0, 0.1) is 5.92 Å². The number of benzene rings is 2. The molecule has 0 aromatic heterocycles. The first-order valence-electron chi connectivity index (χ1n) is 7.56. The summed E-state index contributed by atoms with van der Waals surface area (Å²) in [5.74, 6) is 0.837. The Labute approximate surface area is 155 Å². The van der Waals surface area contributed by atoms with Crippen LogP contribution in [0.1, 0.15) is 24.2 Å². The van der Waals surface area contributed by atoms with Crippen molar-refractivity contribution in [2.75, 3.05) is 11.9 Å². The van der Waals surface area contributed by atoms with Gasteiger partial charge >= 0.3 is 0 Å². The van der Waals surface area contributed by atoms with E-state index in [1.165, 1.54) is 0 Å². The second-order valence-corrected chi connectivity index (χ2v) is 6.85. The van der Waals surface area contributed by atoms with E-state index in [-0.39, 0.29) is 11.0 Å². The molecule has 0 bridgehead atoms. The summed E-state index contributed by atoms with van der Waals surface area (Å²) in [5, 5.41) is 5.91. The SMILES string of the molecule is CC(C)COc1ccccc1NC(=S)NC(=O)c1ccccc1Br. The number of carbonyl (C=O) groups excluding carboxylic acids is 1. The molecular formula is C18H19BrN2O2S. The van der Waals surface area contributed by atoms with Crippen LogP contribution in [0.2, 0.25) is 0 Å². The zero-order valence-corrected chi connectivity index (χ0v) is 15.9. The van der Waals surface area contributed by atoms with Crippen LogP contribution in [0.25, 0.3) is 0 Å². The van der Waals surface area contributed by atoms with Crippen molar-refractivity contribution >= 4 is 44.9 Å². The van der Waals surface area contributed by atoms with Crippen molar-refractivity contribution in [3.05, 3.63) is 58.6 Å². The van der Waals surface area contributed by atoms with E-state index in [0.29, 0.717) is 28.3 Å². The fourth-order valence-corrected chi connectivity index (χ4v) is 2.59. The van der Waals surface area contributed by atoms with E-state index in [1.54, 1.807) is 18.2 Å². The fourth-order valence-electron chi connectivity index (χ4n) is 1.92. The molecule has 4 nitrogen and oxygen atoms in total. The summed E-state index contributed by atoms with van der Waals surface area (Å²) in [5.41, 5.74) is 1.24. The van der Waals surface area contributed by atoms with Gasteiger partial charge in [0.25, 0.3) is 5.91 Å². The smallest absolute Gasteiger partial charge is 0.258 e. The van der Waals surface area contributed by atoms with Gasteiger partial charge < -0.3 is 10.1 Å². The Morgan fingerprint density at radius 2 is 1.83 bits per heavy atom. The molecule has 0 saturated heterocycles. The maximum atomic E-state index is 12.3. The van der Waals surface area contributed by atoms with Crippen molar-refractivity contribution in [2.24, 2.45) is 5.92 Å². The summed E-state index contributed by atoms with van der Waals surface area (Å²) in [6, 6.07) is 14.7. The maximum Gasteiger partial charge on any atom is 0.258 e. The Morgan fingerprint density at radius 3 is 2.54 bits per heavy atom. The van der Waals surface area contributed by atoms with Crippen LogP contribution >= 0.6 is 28.1 Å². The summed E-state index contributed by atoms with van der Waals surface area (Å²) < 4.78 is 6.48. The van der Waals surface area contributed by atoms with Gasteiger partial charge in [0.1, 0.15) is 5.75 Å². The largest absolute Gasteiger partial charge is 0.491 e. The first-order valence-corrected chi connectivity index (χ1v) is 8.76. The van der Waals surface area contributed by atoms with Gasteiger partial charge in [-0.25, -0.2) is 0 Å². The van der Waals surface area contributed by atoms with Crippen molar-refractivity contribution < 1.29 is 9.53 Å². The Morgan fingerprint density at radius 1 is 1.17 bits per heavy atom. The van der Waals surface area contributed by atoms with Gasteiger partial charge in [-0.3, -0.25) is 10.1 Å². The van der Waals surface area contributed by atoms with Gasteiger partial charge in [-0.15, -0.1) is 0 Å². The Balaban J connectivity index is 2.02. The first kappa shape index (κ1) is 18.4. The molecule has 2 aromatic rings. The molecule has 1 amide bonds. The van der Waals surface area contributed by atoms with Gasteiger partial charge in [0, 0.05) is 4.47 Å². The molecule has 0 aliphatic rings. The molecule has 126 valence electrons. The van der Waals surface area contributed by atoms with E-state index in [4.69, 9.17) is 17.0 Å². The van der Waals surface area contributed by atoms with E-state index in [1.807, 2.05) is 30.3 Å². The van der Waals surface area contributed by atoms with Crippen molar-refractivity contribution in [2.45, 2.75) is 13.8 Å². The summed E-state index contributed by atoms with van der Waals surface area (Å²) in [4.78, 5) is 12.3. The molecule has 2 aromatic carbocycles. The van der Waals surface area contributed by atoms with E-state index in [2.05, 4.69) is 40.4 Å². The highest BCUT2D eigenvalue weighted by molar-refractivity contribution is 9.10. The van der Waals surface area contributed by atoms with Crippen LogP contribution in [0.15, 0.2) is 53.0 Å². The number of hydrogen-bond acceptors (Lipinski definition) is 3. The van der Waals surface area contributed by atoms with Gasteiger partial charge in [-0.1, -0.05) is 38.1 Å². The summed E-state index contributed by atoms with van der Waals surface area (Å²) in [7, 11) is 0. The van der Waals surface area contributed by atoms with Crippen LogP contribution in [0.3, 0.4) is 0 Å². The third-order valence-corrected chi connectivity index (χ3v) is 3.95. The van der Waals surface area contributed by atoms with E-state index in [0.717, 1.165) is 5.69 Å². The lowest BCUT2D eigenvalue weighted by Gasteiger charge is -2.15. The van der Waals surface area contributed by atoms with Crippen LogP contribution < -0.4 is 15.4 Å². The Kier molecular flexibility index (Phi) is 6.75. The highest BCUT2D eigenvalue weighted by atomic mass is 79.9. The number of nitrogens with one attached hydrogen (secondary N) is 2. The van der Waals surface area contributed by atoms with Gasteiger partial charge in [0.05, 0.1) is 17.9 Å². The second kappa shape index (κ2) is 8.80. The van der Waals surface area contributed by atoms with E-state index < -0.39 is 0 Å². The van der Waals surface area contributed by atoms with E-state index in [9.17, 15) is 4.79 Å². The number of carbonyl (C=O) groups is 1. The molecule has 0 atom stereocenters. The summed E-state index contributed by atoms with van der Waals surface area (Å²) in [6.45, 7) is 4.77. The number of halogens is 1. The zero-order valence-electron chi connectivity index (χ0n) is 13.5. The summed E-state index contributed by atoms with van der Waals surface area (Å²) >= 11 is 8.59. The normalized spacial score (nSPS) is 10.3. The third kappa shape index (κ3) is 5.32. The molecule has 24 heavy (non-hydrogen) atoms. The lowest BCUT2D eigenvalue weighted by Crippen LogP contribution is -2.34. The monoisotopic (exact) mass is 406 g/mol. The van der Waals surface area contributed by atoms with Crippen molar-refractivity contribution in [3.8, 4) is 5.75 Å². The van der Waals surface area contributed by atoms with Gasteiger partial charge in [-0.05, 0) is 58.3 Å². The number of rotatable bonds is 5. The van der Waals surface area contributed by atoms with Crippen LogP contribution in [0.4, 0.5) is 5.69 Å². The highest BCUT2D eigenvalue weighted by Gasteiger charge is 2.12. The lowest BCUT2D eigenvalue weighted by molar-refractivity contribution is 0.0977. The molecular weight excluding hydrogens is 388 g/mol. The number of thiocarbonyl (C=S) groups is 1. The molecule has 0 fully saturated rings.